The number of sulfonamides is 1. The lowest BCUT2D eigenvalue weighted by atomic mass is 10.2. The standard InChI is InChI=1S/C26H32N4O8S/c1-36-20-9-11-22(12-10-20)39(34,35)30-14-13-29(17-23(30)24(31)27-16-21-4-3-15-38-21)26(33)28-19-7-5-18(6-8-19)25(32)37-2/h5-12,21,23H,3-4,13-17H2,1-2H3,(H,27,31)(H,28,33). The molecule has 0 aromatic heterocycles. The van der Waals surface area contributed by atoms with E-state index in [2.05, 4.69) is 15.4 Å². The van der Waals surface area contributed by atoms with E-state index in [0.717, 1.165) is 17.1 Å². The Labute approximate surface area is 227 Å². The molecule has 210 valence electrons. The van der Waals surface area contributed by atoms with Crippen LogP contribution in [0.25, 0.3) is 0 Å². The van der Waals surface area contributed by atoms with Crippen LogP contribution in [0, 0.1) is 0 Å². The lowest BCUT2D eigenvalue weighted by molar-refractivity contribution is -0.126. The van der Waals surface area contributed by atoms with Gasteiger partial charge in [0.1, 0.15) is 11.8 Å². The number of esters is 1. The predicted molar refractivity (Wildman–Crippen MR) is 141 cm³/mol. The van der Waals surface area contributed by atoms with Gasteiger partial charge in [-0.05, 0) is 61.4 Å². The molecule has 2 aromatic carbocycles. The third kappa shape index (κ3) is 6.67. The highest BCUT2D eigenvalue weighted by atomic mass is 32.2. The number of methoxy groups -OCH3 is 2. The van der Waals surface area contributed by atoms with Crippen LogP contribution >= 0.6 is 0 Å². The number of amides is 3. The molecule has 0 radical (unpaired) electrons. The Balaban J connectivity index is 1.50. The van der Waals surface area contributed by atoms with Crippen LogP contribution in [0.5, 0.6) is 5.75 Å². The van der Waals surface area contributed by atoms with E-state index in [1.54, 1.807) is 12.1 Å². The largest absolute Gasteiger partial charge is 0.497 e. The molecule has 3 amide bonds. The molecule has 2 aliphatic heterocycles. The fourth-order valence-corrected chi connectivity index (χ4v) is 6.05. The number of carbonyl (C=O) groups is 3. The van der Waals surface area contributed by atoms with E-state index < -0.39 is 34.0 Å². The highest BCUT2D eigenvalue weighted by Crippen LogP contribution is 2.24. The Morgan fingerprint density at radius 3 is 2.36 bits per heavy atom. The summed E-state index contributed by atoms with van der Waals surface area (Å²) in [5.41, 5.74) is 0.760. The van der Waals surface area contributed by atoms with E-state index >= 15 is 0 Å². The molecule has 2 fully saturated rings. The molecule has 0 spiro atoms. The number of nitrogens with one attached hydrogen (secondary N) is 2. The van der Waals surface area contributed by atoms with Crippen LogP contribution in [0.3, 0.4) is 0 Å². The minimum absolute atomic E-state index is 0.0174. The molecule has 4 rings (SSSR count). The number of piperazine rings is 1. The SMILES string of the molecule is COC(=O)c1ccc(NC(=O)N2CCN(S(=O)(=O)c3ccc(OC)cc3)C(C(=O)NCC3CCCO3)C2)cc1. The van der Waals surface area contributed by atoms with Crippen molar-refractivity contribution in [2.45, 2.75) is 29.9 Å². The predicted octanol–water partition coefficient (Wildman–Crippen LogP) is 1.68. The zero-order chi connectivity index (χ0) is 28.0. The maximum atomic E-state index is 13.6. The first-order valence-electron chi connectivity index (χ1n) is 12.5. The number of hydrogen-bond donors (Lipinski definition) is 2. The van der Waals surface area contributed by atoms with Gasteiger partial charge < -0.3 is 29.7 Å². The zero-order valence-corrected chi connectivity index (χ0v) is 22.6. The third-order valence-electron chi connectivity index (χ3n) is 6.67. The number of hydrogen-bond acceptors (Lipinski definition) is 8. The number of rotatable bonds is 8. The summed E-state index contributed by atoms with van der Waals surface area (Å²) < 4.78 is 43.6. The Bertz CT molecular complexity index is 1280. The molecule has 0 saturated carbocycles. The van der Waals surface area contributed by atoms with Gasteiger partial charge in [0, 0.05) is 38.5 Å². The van der Waals surface area contributed by atoms with Gasteiger partial charge in [0.15, 0.2) is 0 Å². The summed E-state index contributed by atoms with van der Waals surface area (Å²) >= 11 is 0. The number of nitrogens with zero attached hydrogens (tertiary/aromatic N) is 2. The van der Waals surface area contributed by atoms with Gasteiger partial charge in [0.25, 0.3) is 0 Å². The van der Waals surface area contributed by atoms with Crippen molar-refractivity contribution in [1.82, 2.24) is 14.5 Å². The maximum absolute atomic E-state index is 13.6. The van der Waals surface area contributed by atoms with Crippen LogP contribution in [0.4, 0.5) is 10.5 Å². The van der Waals surface area contributed by atoms with E-state index in [1.807, 2.05) is 0 Å². The molecule has 2 unspecified atom stereocenters. The van der Waals surface area contributed by atoms with E-state index in [0.29, 0.717) is 23.6 Å². The van der Waals surface area contributed by atoms with Crippen molar-refractivity contribution in [3.8, 4) is 5.75 Å². The van der Waals surface area contributed by atoms with Crippen LogP contribution in [-0.2, 0) is 24.3 Å². The minimum Gasteiger partial charge on any atom is -0.497 e. The second kappa shape index (κ2) is 12.5. The number of anilines is 1. The van der Waals surface area contributed by atoms with Gasteiger partial charge in [0.05, 0.1) is 30.8 Å². The molecule has 2 atom stereocenters. The number of urea groups is 1. The number of benzene rings is 2. The Morgan fingerprint density at radius 2 is 1.74 bits per heavy atom. The van der Waals surface area contributed by atoms with Crippen LogP contribution in [0.15, 0.2) is 53.4 Å². The maximum Gasteiger partial charge on any atom is 0.337 e. The quantitative estimate of drug-likeness (QED) is 0.464. The summed E-state index contributed by atoms with van der Waals surface area (Å²) in [4.78, 5) is 39.4. The van der Waals surface area contributed by atoms with Crippen LogP contribution < -0.4 is 15.4 Å². The fourth-order valence-electron chi connectivity index (χ4n) is 4.48. The highest BCUT2D eigenvalue weighted by Gasteiger charge is 2.41. The Morgan fingerprint density at radius 1 is 1.03 bits per heavy atom. The molecule has 2 aromatic rings. The van der Waals surface area contributed by atoms with E-state index in [1.165, 1.54) is 55.5 Å². The summed E-state index contributed by atoms with van der Waals surface area (Å²) in [6.07, 6.45) is 1.58. The molecule has 0 aliphatic carbocycles. The average molecular weight is 561 g/mol. The number of ether oxygens (including phenoxy) is 3. The van der Waals surface area contributed by atoms with E-state index in [9.17, 15) is 22.8 Å². The van der Waals surface area contributed by atoms with Gasteiger partial charge in [-0.1, -0.05) is 0 Å². The fraction of sp³-hybridized carbons (Fsp3) is 0.423. The van der Waals surface area contributed by atoms with Crippen molar-refractivity contribution in [1.29, 1.82) is 0 Å². The highest BCUT2D eigenvalue weighted by molar-refractivity contribution is 7.89. The van der Waals surface area contributed by atoms with Gasteiger partial charge in [0.2, 0.25) is 15.9 Å². The smallest absolute Gasteiger partial charge is 0.337 e. The van der Waals surface area contributed by atoms with Crippen molar-refractivity contribution < 1.29 is 37.0 Å². The molecule has 13 heteroatoms. The van der Waals surface area contributed by atoms with E-state index in [-0.39, 0.29) is 37.2 Å². The lowest BCUT2D eigenvalue weighted by Crippen LogP contribution is -2.62. The molecule has 2 aliphatic rings. The second-order valence-corrected chi connectivity index (χ2v) is 11.0. The van der Waals surface area contributed by atoms with Crippen molar-refractivity contribution >= 4 is 33.6 Å². The molecule has 2 N–H and O–H groups in total. The summed E-state index contributed by atoms with van der Waals surface area (Å²) in [6.45, 7) is 0.706. The first-order chi connectivity index (χ1) is 18.7. The first-order valence-corrected chi connectivity index (χ1v) is 14.0. The molecule has 2 saturated heterocycles. The third-order valence-corrected chi connectivity index (χ3v) is 8.59. The van der Waals surface area contributed by atoms with Crippen molar-refractivity contribution in [3.63, 3.8) is 0 Å². The lowest BCUT2D eigenvalue weighted by Gasteiger charge is -2.39. The van der Waals surface area contributed by atoms with Crippen LogP contribution in [0.1, 0.15) is 23.2 Å². The van der Waals surface area contributed by atoms with Gasteiger partial charge in [-0.15, -0.1) is 0 Å². The van der Waals surface area contributed by atoms with Crippen LogP contribution in [-0.4, -0.2) is 94.7 Å². The topological polar surface area (TPSA) is 144 Å². The monoisotopic (exact) mass is 560 g/mol. The first kappa shape index (κ1) is 28.3. The Hall–Kier alpha value is -3.68. The van der Waals surface area contributed by atoms with Gasteiger partial charge in [-0.2, -0.15) is 4.31 Å². The van der Waals surface area contributed by atoms with Crippen LogP contribution in [0.2, 0.25) is 0 Å². The van der Waals surface area contributed by atoms with Gasteiger partial charge in [-0.25, -0.2) is 18.0 Å². The second-order valence-electron chi connectivity index (χ2n) is 9.13. The molecular formula is C26H32N4O8S. The summed E-state index contributed by atoms with van der Waals surface area (Å²) in [6, 6.07) is 10.4. The summed E-state index contributed by atoms with van der Waals surface area (Å²) in [5.74, 6) is -0.512. The molecule has 12 nitrogen and oxygen atoms in total. The van der Waals surface area contributed by atoms with Crippen molar-refractivity contribution in [2.24, 2.45) is 0 Å². The summed E-state index contributed by atoms with van der Waals surface area (Å²) in [7, 11) is -1.30. The summed E-state index contributed by atoms with van der Waals surface area (Å²) in [5, 5.41) is 5.54. The normalized spacial score (nSPS) is 19.8. The number of carbonyl (C=O) groups excluding carboxylic acids is 3. The van der Waals surface area contributed by atoms with Crippen molar-refractivity contribution in [3.05, 3.63) is 54.1 Å². The average Bonchev–Trinajstić information content (AvgIpc) is 3.49. The molecule has 39 heavy (non-hydrogen) atoms. The van der Waals surface area contributed by atoms with Crippen molar-refractivity contribution in [2.75, 3.05) is 52.3 Å². The minimum atomic E-state index is -4.06. The molecule has 0 bridgehead atoms. The van der Waals surface area contributed by atoms with Gasteiger partial charge in [-0.3, -0.25) is 4.79 Å². The molecule has 2 heterocycles. The zero-order valence-electron chi connectivity index (χ0n) is 21.8. The van der Waals surface area contributed by atoms with E-state index in [4.69, 9.17) is 9.47 Å². The van der Waals surface area contributed by atoms with Gasteiger partial charge >= 0.3 is 12.0 Å². The Kier molecular flexibility index (Phi) is 9.04. The molecular weight excluding hydrogens is 528 g/mol.